The lowest BCUT2D eigenvalue weighted by atomic mass is 9.80. The van der Waals surface area contributed by atoms with E-state index in [4.69, 9.17) is 4.74 Å². The van der Waals surface area contributed by atoms with E-state index in [9.17, 15) is 4.79 Å². The highest BCUT2D eigenvalue weighted by Crippen LogP contribution is 2.31. The molecule has 0 bridgehead atoms. The van der Waals surface area contributed by atoms with Crippen LogP contribution in [0.4, 0.5) is 0 Å². The topological polar surface area (TPSA) is 53.6 Å². The second kappa shape index (κ2) is 8.11. The third-order valence-electron chi connectivity index (χ3n) is 5.08. The number of ether oxygens (including phenoxy) is 1. The molecule has 0 aromatic carbocycles. The van der Waals surface area contributed by atoms with Crippen molar-refractivity contribution in [3.63, 3.8) is 0 Å². The first-order chi connectivity index (χ1) is 10.1. The molecule has 1 aliphatic carbocycles. The molecule has 0 unspecified atom stereocenters. The number of piperidine rings is 1. The van der Waals surface area contributed by atoms with E-state index in [1.54, 1.807) is 0 Å². The molecule has 2 rings (SSSR count). The third-order valence-corrected chi connectivity index (χ3v) is 5.08. The third kappa shape index (κ3) is 4.94. The molecule has 21 heavy (non-hydrogen) atoms. The number of carbonyl (C=O) groups is 1. The van der Waals surface area contributed by atoms with Crippen LogP contribution in [0.25, 0.3) is 0 Å². The van der Waals surface area contributed by atoms with Crippen LogP contribution in [0.15, 0.2) is 0 Å². The summed E-state index contributed by atoms with van der Waals surface area (Å²) in [5.41, 5.74) is 0.142. The Hall–Kier alpha value is -0.650. The van der Waals surface area contributed by atoms with Crippen LogP contribution in [0.1, 0.15) is 44.9 Å². The molecule has 1 saturated heterocycles. The fourth-order valence-corrected chi connectivity index (χ4v) is 3.46. The highest BCUT2D eigenvalue weighted by molar-refractivity contribution is 5.77. The molecule has 1 aliphatic heterocycles. The molecule has 2 fully saturated rings. The van der Waals surface area contributed by atoms with Crippen molar-refractivity contribution >= 4 is 5.91 Å². The highest BCUT2D eigenvalue weighted by Gasteiger charge is 2.34. The Morgan fingerprint density at radius 1 is 1.24 bits per heavy atom. The second-order valence-electron chi connectivity index (χ2n) is 6.72. The molecule has 0 atom stereocenters. The summed E-state index contributed by atoms with van der Waals surface area (Å²) >= 11 is 0. The van der Waals surface area contributed by atoms with Crippen LogP contribution in [-0.2, 0) is 9.53 Å². The molecule has 1 amide bonds. The van der Waals surface area contributed by atoms with Gasteiger partial charge in [-0.25, -0.2) is 0 Å². The van der Waals surface area contributed by atoms with Crippen molar-refractivity contribution in [1.29, 1.82) is 0 Å². The van der Waals surface area contributed by atoms with Gasteiger partial charge < -0.3 is 20.3 Å². The minimum atomic E-state index is 0.0281. The van der Waals surface area contributed by atoms with Crippen molar-refractivity contribution < 1.29 is 9.53 Å². The van der Waals surface area contributed by atoms with E-state index in [0.717, 1.165) is 32.5 Å². The monoisotopic (exact) mass is 297 g/mol. The van der Waals surface area contributed by atoms with Gasteiger partial charge in [-0.2, -0.15) is 0 Å². The van der Waals surface area contributed by atoms with Crippen molar-refractivity contribution in [1.82, 2.24) is 15.5 Å². The average Bonchev–Trinajstić information content (AvgIpc) is 2.52. The smallest absolute Gasteiger partial charge is 0.246 e. The van der Waals surface area contributed by atoms with Crippen molar-refractivity contribution in [3.8, 4) is 0 Å². The molecule has 2 N–H and O–H groups in total. The molecule has 0 aromatic rings. The fraction of sp³-hybridized carbons (Fsp3) is 0.938. The summed E-state index contributed by atoms with van der Waals surface area (Å²) in [5, 5.41) is 6.39. The van der Waals surface area contributed by atoms with E-state index in [0.29, 0.717) is 0 Å². The van der Waals surface area contributed by atoms with Crippen molar-refractivity contribution in [2.75, 3.05) is 40.3 Å². The van der Waals surface area contributed by atoms with Crippen LogP contribution in [0.2, 0.25) is 0 Å². The average molecular weight is 297 g/mol. The molecule has 0 aromatic heterocycles. The number of rotatable bonds is 6. The van der Waals surface area contributed by atoms with Crippen molar-refractivity contribution in [2.24, 2.45) is 0 Å². The summed E-state index contributed by atoms with van der Waals surface area (Å²) in [5.74, 6) is 0.0281. The Kier molecular flexibility index (Phi) is 6.45. The summed E-state index contributed by atoms with van der Waals surface area (Å²) < 4.78 is 5.71. The lowest BCUT2D eigenvalue weighted by Gasteiger charge is -2.43. The van der Waals surface area contributed by atoms with E-state index in [2.05, 4.69) is 29.6 Å². The number of hydrogen-bond donors (Lipinski definition) is 2. The van der Waals surface area contributed by atoms with E-state index < -0.39 is 0 Å². The zero-order valence-electron chi connectivity index (χ0n) is 13.6. The number of nitrogens with one attached hydrogen (secondary N) is 2. The van der Waals surface area contributed by atoms with Crippen LogP contribution in [0.5, 0.6) is 0 Å². The van der Waals surface area contributed by atoms with Crippen LogP contribution < -0.4 is 10.6 Å². The maximum Gasteiger partial charge on any atom is 0.246 e. The van der Waals surface area contributed by atoms with Crippen LogP contribution in [-0.4, -0.2) is 62.8 Å². The molecular weight excluding hydrogens is 266 g/mol. The van der Waals surface area contributed by atoms with Gasteiger partial charge in [0.15, 0.2) is 0 Å². The maximum absolute atomic E-state index is 12.0. The summed E-state index contributed by atoms with van der Waals surface area (Å²) in [6, 6.07) is 0. The zero-order chi connectivity index (χ0) is 15.1. The zero-order valence-corrected chi connectivity index (χ0v) is 13.6. The fourth-order valence-electron chi connectivity index (χ4n) is 3.46. The standard InChI is InChI=1S/C16H31N3O2/c1-19(2)16(8-4-3-5-9-16)13-18-15(20)12-21-14-6-10-17-11-7-14/h14,17H,3-13H2,1-2H3,(H,18,20). The summed E-state index contributed by atoms with van der Waals surface area (Å²) in [7, 11) is 4.26. The Labute approximate surface area is 128 Å². The van der Waals surface area contributed by atoms with Gasteiger partial charge in [-0.3, -0.25) is 4.79 Å². The molecule has 0 radical (unpaired) electrons. The highest BCUT2D eigenvalue weighted by atomic mass is 16.5. The van der Waals surface area contributed by atoms with E-state index in [1.807, 2.05) is 0 Å². The van der Waals surface area contributed by atoms with Crippen LogP contribution >= 0.6 is 0 Å². The lowest BCUT2D eigenvalue weighted by molar-refractivity contribution is -0.129. The first-order valence-electron chi connectivity index (χ1n) is 8.39. The van der Waals surface area contributed by atoms with Crippen molar-refractivity contribution in [3.05, 3.63) is 0 Å². The summed E-state index contributed by atoms with van der Waals surface area (Å²) in [6.07, 6.45) is 8.46. The molecule has 1 heterocycles. The van der Waals surface area contributed by atoms with Crippen molar-refractivity contribution in [2.45, 2.75) is 56.6 Å². The number of amides is 1. The van der Waals surface area contributed by atoms with Gasteiger partial charge in [0, 0.05) is 12.1 Å². The van der Waals surface area contributed by atoms with Gasteiger partial charge in [-0.15, -0.1) is 0 Å². The van der Waals surface area contributed by atoms with Gasteiger partial charge in [0.25, 0.3) is 0 Å². The number of hydrogen-bond acceptors (Lipinski definition) is 4. The normalized spacial score (nSPS) is 23.2. The number of nitrogens with zero attached hydrogens (tertiary/aromatic N) is 1. The van der Waals surface area contributed by atoms with Gasteiger partial charge in [0.2, 0.25) is 5.91 Å². The molecular formula is C16H31N3O2. The summed E-state index contributed by atoms with van der Waals surface area (Å²) in [4.78, 5) is 14.3. The Balaban J connectivity index is 1.71. The largest absolute Gasteiger partial charge is 0.368 e. The van der Waals surface area contributed by atoms with Gasteiger partial charge in [0.1, 0.15) is 6.61 Å². The van der Waals surface area contributed by atoms with Gasteiger partial charge in [0.05, 0.1) is 6.10 Å². The van der Waals surface area contributed by atoms with Gasteiger partial charge >= 0.3 is 0 Å². The van der Waals surface area contributed by atoms with E-state index >= 15 is 0 Å². The molecule has 122 valence electrons. The maximum atomic E-state index is 12.0. The minimum Gasteiger partial charge on any atom is -0.368 e. The first-order valence-corrected chi connectivity index (χ1v) is 8.39. The van der Waals surface area contributed by atoms with Gasteiger partial charge in [-0.05, 0) is 52.9 Å². The molecule has 1 saturated carbocycles. The van der Waals surface area contributed by atoms with E-state index in [1.165, 1.54) is 32.1 Å². The molecule has 5 nitrogen and oxygen atoms in total. The quantitative estimate of drug-likeness (QED) is 0.772. The Morgan fingerprint density at radius 2 is 1.90 bits per heavy atom. The number of likely N-dealkylation sites (N-methyl/N-ethyl adjacent to an activating group) is 1. The predicted octanol–water partition coefficient (Wildman–Crippen LogP) is 1.14. The van der Waals surface area contributed by atoms with Crippen LogP contribution in [0, 0.1) is 0 Å². The minimum absolute atomic E-state index is 0.0281. The molecule has 2 aliphatic rings. The lowest BCUT2D eigenvalue weighted by Crippen LogP contribution is -2.54. The Morgan fingerprint density at radius 3 is 2.52 bits per heavy atom. The molecule has 0 spiro atoms. The first kappa shape index (κ1) is 16.7. The second-order valence-corrected chi connectivity index (χ2v) is 6.72. The van der Waals surface area contributed by atoms with Crippen LogP contribution in [0.3, 0.4) is 0 Å². The predicted molar refractivity (Wildman–Crippen MR) is 84.4 cm³/mol. The van der Waals surface area contributed by atoms with E-state index in [-0.39, 0.29) is 24.2 Å². The van der Waals surface area contributed by atoms with Gasteiger partial charge in [-0.1, -0.05) is 19.3 Å². The number of carbonyl (C=O) groups excluding carboxylic acids is 1. The Bertz CT molecular complexity index is 321. The molecule has 5 heteroatoms. The SMILES string of the molecule is CN(C)C1(CNC(=O)COC2CCNCC2)CCCCC1. The summed E-state index contributed by atoms with van der Waals surface area (Å²) in [6.45, 7) is 2.94.